The molecule has 0 saturated heterocycles. The Kier molecular flexibility index (Phi) is 5.63. The second-order valence-corrected chi connectivity index (χ2v) is 8.94. The molecule has 0 fully saturated rings. The molecule has 0 heterocycles. The van der Waals surface area contributed by atoms with Gasteiger partial charge in [0.25, 0.3) is 5.69 Å². The molecule has 0 radical (unpaired) electrons. The molecule has 128 valence electrons. The molecule has 0 amide bonds. The second kappa shape index (κ2) is 7.18. The first-order valence-electron chi connectivity index (χ1n) is 6.47. The zero-order valence-corrected chi connectivity index (χ0v) is 15.8. The topological polar surface area (TPSA) is 80.5 Å². The molecule has 0 N–H and O–H groups in total. The van der Waals surface area contributed by atoms with E-state index < -0.39 is 20.8 Å². The van der Waals surface area contributed by atoms with E-state index in [4.69, 9.17) is 0 Å². The van der Waals surface area contributed by atoms with Gasteiger partial charge in [0.15, 0.2) is 0 Å². The lowest BCUT2D eigenvalue weighted by Gasteiger charge is -2.12. The molecule has 0 aromatic heterocycles. The molecule has 24 heavy (non-hydrogen) atoms. The third-order valence-corrected chi connectivity index (χ3v) is 6.91. The summed E-state index contributed by atoms with van der Waals surface area (Å²) in [5, 5.41) is 11.3. The van der Waals surface area contributed by atoms with E-state index in [2.05, 4.69) is 15.9 Å². The number of nitrogens with zero attached hydrogens (tertiary/aromatic N) is 2. The van der Waals surface area contributed by atoms with Gasteiger partial charge in [-0.25, -0.2) is 17.1 Å². The lowest BCUT2D eigenvalue weighted by atomic mass is 10.3. The first-order chi connectivity index (χ1) is 11.1. The van der Waals surface area contributed by atoms with Gasteiger partial charge in [0.2, 0.25) is 10.0 Å². The molecular weight excluding hydrogens is 423 g/mol. The third kappa shape index (κ3) is 3.94. The first kappa shape index (κ1) is 18.8. The minimum atomic E-state index is -3.79. The van der Waals surface area contributed by atoms with Crippen molar-refractivity contribution in [1.82, 2.24) is 4.31 Å². The Labute approximate surface area is 151 Å². The molecule has 0 unspecified atom stereocenters. The van der Waals surface area contributed by atoms with Crippen molar-refractivity contribution in [2.24, 2.45) is 0 Å². The maximum atomic E-state index is 13.4. The number of benzene rings is 2. The van der Waals surface area contributed by atoms with Gasteiger partial charge in [-0.3, -0.25) is 10.1 Å². The Morgan fingerprint density at radius 1 is 1.17 bits per heavy atom. The van der Waals surface area contributed by atoms with Crippen LogP contribution in [0.15, 0.2) is 55.6 Å². The summed E-state index contributed by atoms with van der Waals surface area (Å²) in [4.78, 5) is 11.1. The van der Waals surface area contributed by atoms with E-state index in [1.54, 1.807) is 0 Å². The van der Waals surface area contributed by atoms with Crippen LogP contribution >= 0.6 is 27.7 Å². The summed E-state index contributed by atoms with van der Waals surface area (Å²) in [6, 6.07) is 7.63. The van der Waals surface area contributed by atoms with E-state index >= 15 is 0 Å². The van der Waals surface area contributed by atoms with Gasteiger partial charge in [-0.1, -0.05) is 11.8 Å². The fourth-order valence-corrected chi connectivity index (χ4v) is 4.13. The normalized spacial score (nSPS) is 11.7. The summed E-state index contributed by atoms with van der Waals surface area (Å²) in [7, 11) is -1.11. The van der Waals surface area contributed by atoms with Crippen LogP contribution in [-0.4, -0.2) is 31.7 Å². The van der Waals surface area contributed by atoms with Crippen LogP contribution in [0.4, 0.5) is 10.1 Å². The minimum absolute atomic E-state index is 0.179. The van der Waals surface area contributed by atoms with Gasteiger partial charge in [0, 0.05) is 29.5 Å². The highest BCUT2D eigenvalue weighted by Crippen LogP contribution is 2.39. The van der Waals surface area contributed by atoms with Crippen LogP contribution in [0.5, 0.6) is 0 Å². The molecule has 0 aliphatic heterocycles. The highest BCUT2D eigenvalue weighted by atomic mass is 79.9. The minimum Gasteiger partial charge on any atom is -0.258 e. The molecule has 0 aliphatic rings. The Morgan fingerprint density at radius 2 is 1.83 bits per heavy atom. The SMILES string of the molecule is CN(C)S(=O)(=O)c1ccc(Sc2cc(F)ccc2Br)c([N+](=O)[O-])c1. The summed E-state index contributed by atoms with van der Waals surface area (Å²) in [6.07, 6.45) is 0. The van der Waals surface area contributed by atoms with Crippen LogP contribution in [0.1, 0.15) is 0 Å². The zero-order valence-electron chi connectivity index (χ0n) is 12.6. The predicted molar refractivity (Wildman–Crippen MR) is 92.2 cm³/mol. The summed E-state index contributed by atoms with van der Waals surface area (Å²) >= 11 is 4.23. The van der Waals surface area contributed by atoms with Crippen LogP contribution in [0.3, 0.4) is 0 Å². The lowest BCUT2D eigenvalue weighted by molar-refractivity contribution is -0.388. The van der Waals surface area contributed by atoms with E-state index in [-0.39, 0.29) is 15.5 Å². The second-order valence-electron chi connectivity index (χ2n) is 4.85. The standard InChI is InChI=1S/C14H12BrFN2O4S2/c1-17(2)24(21,22)10-4-6-13(12(8-10)18(19)20)23-14-7-9(16)3-5-11(14)15/h3-8H,1-2H3. The Balaban J connectivity index is 2.52. The smallest absolute Gasteiger partial charge is 0.258 e. The zero-order chi connectivity index (χ0) is 18.1. The van der Waals surface area contributed by atoms with Gasteiger partial charge in [0.1, 0.15) is 5.82 Å². The van der Waals surface area contributed by atoms with Gasteiger partial charge >= 0.3 is 0 Å². The van der Waals surface area contributed by atoms with Gasteiger partial charge in [-0.05, 0) is 46.3 Å². The van der Waals surface area contributed by atoms with Crippen LogP contribution in [0.25, 0.3) is 0 Å². The summed E-state index contributed by atoms with van der Waals surface area (Å²) in [6.45, 7) is 0. The van der Waals surface area contributed by atoms with Crippen molar-refractivity contribution >= 4 is 43.4 Å². The molecule has 2 rings (SSSR count). The van der Waals surface area contributed by atoms with Crippen LogP contribution < -0.4 is 0 Å². The Bertz CT molecular complexity index is 904. The maximum Gasteiger partial charge on any atom is 0.284 e. The van der Waals surface area contributed by atoms with Crippen molar-refractivity contribution in [1.29, 1.82) is 0 Å². The van der Waals surface area contributed by atoms with Crippen LogP contribution in [-0.2, 0) is 10.0 Å². The maximum absolute atomic E-state index is 13.4. The van der Waals surface area contributed by atoms with Crippen LogP contribution in [0, 0.1) is 15.9 Å². The molecule has 0 spiro atoms. The quantitative estimate of drug-likeness (QED) is 0.526. The number of nitro benzene ring substituents is 1. The Hall–Kier alpha value is -1.49. The van der Waals surface area contributed by atoms with Gasteiger partial charge in [-0.2, -0.15) is 0 Å². The number of rotatable bonds is 5. The molecule has 10 heteroatoms. The summed E-state index contributed by atoms with van der Waals surface area (Å²) < 4.78 is 39.1. The summed E-state index contributed by atoms with van der Waals surface area (Å²) in [5.74, 6) is -0.477. The van der Waals surface area contributed by atoms with Crippen molar-refractivity contribution in [3.05, 3.63) is 56.8 Å². The largest absolute Gasteiger partial charge is 0.284 e. The van der Waals surface area contributed by atoms with Crippen molar-refractivity contribution in [3.63, 3.8) is 0 Å². The molecule has 0 atom stereocenters. The average molecular weight is 435 g/mol. The predicted octanol–water partition coefficient (Wildman–Crippen LogP) is 3.90. The van der Waals surface area contributed by atoms with Gasteiger partial charge in [-0.15, -0.1) is 0 Å². The molecule has 0 bridgehead atoms. The first-order valence-corrected chi connectivity index (χ1v) is 9.52. The third-order valence-electron chi connectivity index (χ3n) is 3.02. The number of nitro groups is 1. The van der Waals surface area contributed by atoms with E-state index in [1.165, 1.54) is 44.4 Å². The number of hydrogen-bond donors (Lipinski definition) is 0. The van der Waals surface area contributed by atoms with E-state index in [1.807, 2.05) is 0 Å². The van der Waals surface area contributed by atoms with Crippen LogP contribution in [0.2, 0.25) is 0 Å². The van der Waals surface area contributed by atoms with Gasteiger partial charge in [0.05, 0.1) is 14.7 Å². The van der Waals surface area contributed by atoms with Crippen molar-refractivity contribution in [2.45, 2.75) is 14.7 Å². The number of sulfonamides is 1. The summed E-state index contributed by atoms with van der Waals surface area (Å²) in [5.41, 5.74) is -0.362. The monoisotopic (exact) mass is 434 g/mol. The molecule has 0 saturated carbocycles. The van der Waals surface area contributed by atoms with E-state index in [9.17, 15) is 22.9 Å². The van der Waals surface area contributed by atoms with E-state index in [0.29, 0.717) is 9.37 Å². The Morgan fingerprint density at radius 3 is 2.42 bits per heavy atom. The molecule has 2 aromatic rings. The number of halogens is 2. The molecule has 2 aromatic carbocycles. The van der Waals surface area contributed by atoms with Crippen molar-refractivity contribution < 1.29 is 17.7 Å². The molecule has 6 nitrogen and oxygen atoms in total. The fraction of sp³-hybridized carbons (Fsp3) is 0.143. The fourth-order valence-electron chi connectivity index (χ4n) is 1.77. The van der Waals surface area contributed by atoms with Crippen molar-refractivity contribution in [3.8, 4) is 0 Å². The highest BCUT2D eigenvalue weighted by Gasteiger charge is 2.24. The highest BCUT2D eigenvalue weighted by molar-refractivity contribution is 9.10. The molecule has 0 aliphatic carbocycles. The number of hydrogen-bond acceptors (Lipinski definition) is 5. The average Bonchev–Trinajstić information content (AvgIpc) is 2.50. The van der Waals surface area contributed by atoms with Gasteiger partial charge < -0.3 is 0 Å². The lowest BCUT2D eigenvalue weighted by Crippen LogP contribution is -2.22. The molecular formula is C14H12BrFN2O4S2. The van der Waals surface area contributed by atoms with E-state index in [0.717, 1.165) is 22.1 Å². The van der Waals surface area contributed by atoms with Crippen molar-refractivity contribution in [2.75, 3.05) is 14.1 Å².